The summed E-state index contributed by atoms with van der Waals surface area (Å²) in [6, 6.07) is 1.98. The number of carboxylic acids is 1. The maximum atomic E-state index is 13.0. The van der Waals surface area contributed by atoms with Crippen LogP contribution in [0, 0.1) is 17.7 Å². The van der Waals surface area contributed by atoms with Crippen molar-refractivity contribution in [3.05, 3.63) is 29.1 Å². The lowest BCUT2D eigenvalue weighted by atomic mass is 10.1. The van der Waals surface area contributed by atoms with Crippen LogP contribution in [-0.4, -0.2) is 16.4 Å². The van der Waals surface area contributed by atoms with E-state index in [9.17, 15) is 9.18 Å². The number of nitrogen functional groups attached to an aromatic ring is 1. The second kappa shape index (κ2) is 4.80. The summed E-state index contributed by atoms with van der Waals surface area (Å²) in [6.45, 7) is 0. The number of carbonyl (C=O) groups is 1. The zero-order valence-electron chi connectivity index (χ0n) is 7.55. The van der Waals surface area contributed by atoms with E-state index in [2.05, 4.69) is 27.8 Å². The molecule has 3 N–H and O–H groups in total. The summed E-state index contributed by atoms with van der Waals surface area (Å²) in [5.41, 5.74) is 5.43. The molecule has 3 nitrogen and oxygen atoms in total. The van der Waals surface area contributed by atoms with Crippen LogP contribution in [0.3, 0.4) is 0 Å². The number of hydrogen-bond acceptors (Lipinski definition) is 2. The molecule has 0 aliphatic heterocycles. The van der Waals surface area contributed by atoms with Gasteiger partial charge in [-0.3, -0.25) is 0 Å². The van der Waals surface area contributed by atoms with Crippen molar-refractivity contribution in [3.8, 4) is 11.8 Å². The molecule has 0 radical (unpaired) electrons. The average Bonchev–Trinajstić information content (AvgIpc) is 2.18. The fraction of sp³-hybridized carbons (Fsp3) is 0.100. The second-order valence-electron chi connectivity index (χ2n) is 2.66. The molecule has 0 fully saturated rings. The molecule has 0 bridgehead atoms. The predicted octanol–water partition coefficient (Wildman–Crippen LogP) is 1.85. The minimum atomic E-state index is -1.27. The number of halogens is 2. The molecule has 1 aromatic carbocycles. The van der Waals surface area contributed by atoms with Crippen LogP contribution in [0.4, 0.5) is 10.1 Å². The Kier molecular flexibility index (Phi) is 3.69. The Morgan fingerprint density at radius 2 is 2.27 bits per heavy atom. The molecule has 0 saturated heterocycles. The lowest BCUT2D eigenvalue weighted by Gasteiger charge is -2.03. The summed E-state index contributed by atoms with van der Waals surface area (Å²) in [6.07, 6.45) is 0. The molecule has 0 amide bonds. The molecule has 78 valence electrons. The van der Waals surface area contributed by atoms with Gasteiger partial charge in [0.2, 0.25) is 0 Å². The van der Waals surface area contributed by atoms with Crippen molar-refractivity contribution in [3.63, 3.8) is 0 Å². The molecule has 0 unspecified atom stereocenters. The minimum Gasteiger partial charge on any atom is -0.478 e. The number of nitrogens with two attached hydrogens (primary N) is 1. The Balaban J connectivity index is 3.34. The van der Waals surface area contributed by atoms with Crippen LogP contribution < -0.4 is 5.73 Å². The highest BCUT2D eigenvalue weighted by molar-refractivity contribution is 9.09. The Morgan fingerprint density at radius 3 is 2.80 bits per heavy atom. The third kappa shape index (κ3) is 2.70. The SMILES string of the molecule is Nc1c(C#CCBr)cc(F)cc1C(=O)O. The van der Waals surface area contributed by atoms with Crippen molar-refractivity contribution in [1.82, 2.24) is 0 Å². The van der Waals surface area contributed by atoms with Crippen LogP contribution in [0.25, 0.3) is 0 Å². The normalized spacial score (nSPS) is 9.20. The van der Waals surface area contributed by atoms with Crippen LogP contribution in [0.2, 0.25) is 0 Å². The fourth-order valence-electron chi connectivity index (χ4n) is 1.03. The first-order valence-corrected chi connectivity index (χ1v) is 5.05. The van der Waals surface area contributed by atoms with Crippen LogP contribution in [0.5, 0.6) is 0 Å². The fourth-order valence-corrected chi connectivity index (χ4v) is 1.17. The zero-order chi connectivity index (χ0) is 11.4. The average molecular weight is 272 g/mol. The maximum absolute atomic E-state index is 13.0. The first-order chi connectivity index (χ1) is 7.06. The molecule has 0 aromatic heterocycles. The zero-order valence-corrected chi connectivity index (χ0v) is 9.14. The maximum Gasteiger partial charge on any atom is 0.337 e. The lowest BCUT2D eigenvalue weighted by Crippen LogP contribution is -2.05. The van der Waals surface area contributed by atoms with Gasteiger partial charge in [-0.05, 0) is 12.1 Å². The van der Waals surface area contributed by atoms with Crippen molar-refractivity contribution in [2.24, 2.45) is 0 Å². The molecular formula is C10H7BrFNO2. The molecule has 0 saturated carbocycles. The van der Waals surface area contributed by atoms with Gasteiger partial charge in [-0.15, -0.1) is 0 Å². The number of hydrogen-bond donors (Lipinski definition) is 2. The standard InChI is InChI=1S/C10H7BrFNO2/c11-3-1-2-6-4-7(12)5-8(9(6)13)10(14)15/h4-5H,3,13H2,(H,14,15). The quantitative estimate of drug-likeness (QED) is 0.466. The first kappa shape index (κ1) is 11.5. The van der Waals surface area contributed by atoms with Gasteiger partial charge in [0, 0.05) is 0 Å². The van der Waals surface area contributed by atoms with E-state index in [-0.39, 0.29) is 16.8 Å². The van der Waals surface area contributed by atoms with Gasteiger partial charge in [-0.1, -0.05) is 27.8 Å². The molecule has 0 heterocycles. The van der Waals surface area contributed by atoms with Gasteiger partial charge in [0.05, 0.1) is 22.1 Å². The summed E-state index contributed by atoms with van der Waals surface area (Å²) in [5, 5.41) is 9.14. The van der Waals surface area contributed by atoms with E-state index < -0.39 is 11.8 Å². The van der Waals surface area contributed by atoms with Crippen molar-refractivity contribution in [1.29, 1.82) is 0 Å². The summed E-state index contributed by atoms with van der Waals surface area (Å²) in [5.74, 6) is 3.26. The number of anilines is 1. The summed E-state index contributed by atoms with van der Waals surface area (Å²) < 4.78 is 13.0. The Morgan fingerprint density at radius 1 is 1.60 bits per heavy atom. The Hall–Kier alpha value is -1.54. The van der Waals surface area contributed by atoms with Gasteiger partial charge < -0.3 is 10.8 Å². The summed E-state index contributed by atoms with van der Waals surface area (Å²) in [7, 11) is 0. The number of rotatable bonds is 1. The molecule has 0 atom stereocenters. The van der Waals surface area contributed by atoms with E-state index >= 15 is 0 Å². The second-order valence-corrected chi connectivity index (χ2v) is 3.22. The molecule has 1 aromatic rings. The van der Waals surface area contributed by atoms with Gasteiger partial charge in [0.1, 0.15) is 5.82 Å². The van der Waals surface area contributed by atoms with Crippen molar-refractivity contribution < 1.29 is 14.3 Å². The lowest BCUT2D eigenvalue weighted by molar-refractivity contribution is 0.0697. The number of alkyl halides is 1. The van der Waals surface area contributed by atoms with Gasteiger partial charge in [-0.25, -0.2) is 9.18 Å². The molecular weight excluding hydrogens is 265 g/mol. The van der Waals surface area contributed by atoms with Gasteiger partial charge in [-0.2, -0.15) is 0 Å². The van der Waals surface area contributed by atoms with Gasteiger partial charge in [0.25, 0.3) is 0 Å². The largest absolute Gasteiger partial charge is 0.478 e. The van der Waals surface area contributed by atoms with E-state index in [1.165, 1.54) is 0 Å². The summed E-state index contributed by atoms with van der Waals surface area (Å²) in [4.78, 5) is 10.7. The first-order valence-electron chi connectivity index (χ1n) is 3.93. The smallest absolute Gasteiger partial charge is 0.337 e. The van der Waals surface area contributed by atoms with E-state index in [1.807, 2.05) is 0 Å². The highest BCUT2D eigenvalue weighted by Crippen LogP contribution is 2.18. The summed E-state index contributed by atoms with van der Waals surface area (Å²) >= 11 is 3.07. The highest BCUT2D eigenvalue weighted by Gasteiger charge is 2.12. The molecule has 5 heteroatoms. The minimum absolute atomic E-state index is 0.0163. The molecule has 0 spiro atoms. The predicted molar refractivity (Wildman–Crippen MR) is 58.4 cm³/mol. The number of carboxylic acid groups (broad SMARTS) is 1. The van der Waals surface area contributed by atoms with Crippen LogP contribution in [0.15, 0.2) is 12.1 Å². The van der Waals surface area contributed by atoms with Crippen LogP contribution in [-0.2, 0) is 0 Å². The topological polar surface area (TPSA) is 63.3 Å². The third-order valence-electron chi connectivity index (χ3n) is 1.67. The Bertz CT molecular complexity index is 462. The molecule has 15 heavy (non-hydrogen) atoms. The van der Waals surface area contributed by atoms with Gasteiger partial charge >= 0.3 is 5.97 Å². The van der Waals surface area contributed by atoms with E-state index in [1.54, 1.807) is 0 Å². The van der Waals surface area contributed by atoms with Crippen LogP contribution in [0.1, 0.15) is 15.9 Å². The van der Waals surface area contributed by atoms with Crippen molar-refractivity contribution >= 4 is 27.6 Å². The third-order valence-corrected chi connectivity index (χ3v) is 1.95. The van der Waals surface area contributed by atoms with Crippen molar-refractivity contribution in [2.75, 3.05) is 11.1 Å². The monoisotopic (exact) mass is 271 g/mol. The number of benzene rings is 1. The molecule has 1 rings (SSSR count). The van der Waals surface area contributed by atoms with E-state index in [0.29, 0.717) is 5.33 Å². The van der Waals surface area contributed by atoms with Crippen molar-refractivity contribution in [2.45, 2.75) is 0 Å². The Labute approximate surface area is 94.2 Å². The van der Waals surface area contributed by atoms with Crippen LogP contribution >= 0.6 is 15.9 Å². The van der Waals surface area contributed by atoms with E-state index in [0.717, 1.165) is 12.1 Å². The van der Waals surface area contributed by atoms with Gasteiger partial charge in [0.15, 0.2) is 0 Å². The molecule has 0 aliphatic carbocycles. The van der Waals surface area contributed by atoms with E-state index in [4.69, 9.17) is 10.8 Å². The molecule has 0 aliphatic rings. The number of aromatic carboxylic acids is 1. The highest BCUT2D eigenvalue weighted by atomic mass is 79.9.